The van der Waals surface area contributed by atoms with Crippen LogP contribution in [0, 0.1) is 12.3 Å². The van der Waals surface area contributed by atoms with Crippen molar-refractivity contribution >= 4 is 35.1 Å². The van der Waals surface area contributed by atoms with E-state index in [0.29, 0.717) is 22.5 Å². The van der Waals surface area contributed by atoms with Crippen LogP contribution in [0.4, 0.5) is 5.82 Å². The first-order valence-corrected chi connectivity index (χ1v) is 13.3. The van der Waals surface area contributed by atoms with E-state index in [1.165, 1.54) is 0 Å². The largest absolute Gasteiger partial charge is 0.404 e. The lowest BCUT2D eigenvalue weighted by Gasteiger charge is -2.21. The van der Waals surface area contributed by atoms with E-state index >= 15 is 0 Å². The van der Waals surface area contributed by atoms with Gasteiger partial charge in [0.25, 0.3) is 0 Å². The smallest absolute Gasteiger partial charge is 0.151 e. The molecule has 1 aromatic carbocycles. The summed E-state index contributed by atoms with van der Waals surface area (Å²) >= 11 is 1.84. The number of nitrogens with one attached hydrogen (secondary N) is 2. The highest BCUT2D eigenvalue weighted by atomic mass is 32.2. The Morgan fingerprint density at radius 3 is 2.83 bits per heavy atom. The second kappa shape index (κ2) is 11.7. The standard InChI is InChI=1S/C27H39N7S/c1-7-27(4,5)16-31-12-20(11-28)19-9-8-17(2)21(10-19)22-14-32-26(29)25(34-22)18(3)33-23-13-30-15-24(23)35-6/h8-12,14,23-24,30,33H,3,7,13,15-16,28H2,1-2,4-6H3,(H2,29,32). The lowest BCUT2D eigenvalue weighted by molar-refractivity contribution is 0.366. The summed E-state index contributed by atoms with van der Waals surface area (Å²) in [5, 5.41) is 7.39. The van der Waals surface area contributed by atoms with Crippen LogP contribution in [0.25, 0.3) is 22.5 Å². The topological polar surface area (TPSA) is 114 Å². The van der Waals surface area contributed by atoms with Crippen molar-refractivity contribution in [3.8, 4) is 11.3 Å². The van der Waals surface area contributed by atoms with E-state index in [9.17, 15) is 0 Å². The lowest BCUT2D eigenvalue weighted by Crippen LogP contribution is -2.36. The molecule has 7 nitrogen and oxygen atoms in total. The first-order valence-electron chi connectivity index (χ1n) is 12.0. The minimum absolute atomic E-state index is 0.158. The number of nitrogen functional groups attached to an aromatic ring is 1. The maximum atomic E-state index is 6.21. The van der Waals surface area contributed by atoms with Gasteiger partial charge in [0, 0.05) is 48.4 Å². The van der Waals surface area contributed by atoms with Crippen LogP contribution >= 0.6 is 11.8 Å². The average Bonchev–Trinajstić information content (AvgIpc) is 3.29. The van der Waals surface area contributed by atoms with Crippen molar-refractivity contribution in [1.82, 2.24) is 20.6 Å². The molecule has 0 saturated carbocycles. The molecule has 1 aliphatic rings. The maximum absolute atomic E-state index is 6.21. The van der Waals surface area contributed by atoms with E-state index in [2.05, 4.69) is 79.3 Å². The van der Waals surface area contributed by atoms with E-state index in [1.54, 1.807) is 12.4 Å². The summed E-state index contributed by atoms with van der Waals surface area (Å²) in [5.41, 5.74) is 18.2. The van der Waals surface area contributed by atoms with Gasteiger partial charge < -0.3 is 22.1 Å². The number of aryl methyl sites for hydroxylation is 1. The third-order valence-corrected chi connectivity index (χ3v) is 7.74. The highest BCUT2D eigenvalue weighted by molar-refractivity contribution is 7.99. The molecule has 2 unspecified atom stereocenters. The number of aliphatic imine (C=N–C) groups is 1. The quantitative estimate of drug-likeness (QED) is 0.368. The fraction of sp³-hybridized carbons (Fsp3) is 0.444. The van der Waals surface area contributed by atoms with Crippen molar-refractivity contribution in [1.29, 1.82) is 0 Å². The van der Waals surface area contributed by atoms with Crippen molar-refractivity contribution in [2.75, 3.05) is 31.6 Å². The Kier molecular flexibility index (Phi) is 8.97. The van der Waals surface area contributed by atoms with Gasteiger partial charge in [-0.15, -0.1) is 0 Å². The van der Waals surface area contributed by atoms with Crippen molar-refractivity contribution in [2.45, 2.75) is 45.4 Å². The molecule has 1 fully saturated rings. The van der Waals surface area contributed by atoms with Gasteiger partial charge in [-0.1, -0.05) is 39.5 Å². The highest BCUT2D eigenvalue weighted by Crippen LogP contribution is 2.28. The van der Waals surface area contributed by atoms with Crippen molar-refractivity contribution in [2.24, 2.45) is 16.1 Å². The second-order valence-corrected chi connectivity index (χ2v) is 10.9. The molecule has 1 aromatic heterocycles. The second-order valence-electron chi connectivity index (χ2n) is 9.79. The fourth-order valence-corrected chi connectivity index (χ4v) is 4.66. The van der Waals surface area contributed by atoms with Crippen LogP contribution in [0.15, 0.2) is 42.2 Å². The summed E-state index contributed by atoms with van der Waals surface area (Å²) in [6.07, 6.45) is 8.35. The monoisotopic (exact) mass is 493 g/mol. The normalized spacial score (nSPS) is 18.8. The number of rotatable bonds is 10. The molecule has 0 radical (unpaired) electrons. The van der Waals surface area contributed by atoms with Gasteiger partial charge in [-0.3, -0.25) is 4.99 Å². The highest BCUT2D eigenvalue weighted by Gasteiger charge is 2.27. The van der Waals surface area contributed by atoms with Crippen molar-refractivity contribution < 1.29 is 0 Å². The fourth-order valence-electron chi connectivity index (χ4n) is 3.88. The minimum atomic E-state index is 0.158. The number of thioether (sulfide) groups is 1. The van der Waals surface area contributed by atoms with Gasteiger partial charge in [0.2, 0.25) is 0 Å². The molecule has 2 atom stereocenters. The van der Waals surface area contributed by atoms with Gasteiger partial charge in [-0.25, -0.2) is 9.97 Å². The number of anilines is 1. The molecule has 2 heterocycles. The molecule has 35 heavy (non-hydrogen) atoms. The number of nitrogens with zero attached hydrogens (tertiary/aromatic N) is 3. The molecule has 1 aliphatic heterocycles. The summed E-state index contributed by atoms with van der Waals surface area (Å²) in [5.74, 6) is 0.361. The van der Waals surface area contributed by atoms with E-state index in [1.807, 2.05) is 18.0 Å². The van der Waals surface area contributed by atoms with Crippen molar-refractivity contribution in [3.63, 3.8) is 0 Å². The van der Waals surface area contributed by atoms with Crippen LogP contribution in [0.5, 0.6) is 0 Å². The van der Waals surface area contributed by atoms with Crippen LogP contribution in [-0.2, 0) is 0 Å². The Morgan fingerprint density at radius 1 is 1.37 bits per heavy atom. The molecular formula is C27H39N7S. The van der Waals surface area contributed by atoms with Gasteiger partial charge in [-0.2, -0.15) is 11.8 Å². The van der Waals surface area contributed by atoms with E-state index in [4.69, 9.17) is 16.5 Å². The Hall–Kier alpha value is -2.84. The summed E-state index contributed by atoms with van der Waals surface area (Å²) in [6, 6.07) is 6.46. The van der Waals surface area contributed by atoms with E-state index in [-0.39, 0.29) is 11.5 Å². The minimum Gasteiger partial charge on any atom is -0.404 e. The maximum Gasteiger partial charge on any atom is 0.151 e. The zero-order chi connectivity index (χ0) is 25.6. The van der Waals surface area contributed by atoms with Crippen LogP contribution in [-0.4, -0.2) is 53.4 Å². The Balaban J connectivity index is 1.88. The molecule has 2 aromatic rings. The molecule has 188 valence electrons. The average molecular weight is 494 g/mol. The van der Waals surface area contributed by atoms with Gasteiger partial charge in [-0.05, 0) is 42.2 Å². The van der Waals surface area contributed by atoms with Gasteiger partial charge in [0.15, 0.2) is 5.82 Å². The Bertz CT molecular complexity index is 1110. The van der Waals surface area contributed by atoms with E-state index < -0.39 is 0 Å². The summed E-state index contributed by atoms with van der Waals surface area (Å²) in [6.45, 7) is 15.5. The predicted octanol–water partition coefficient (Wildman–Crippen LogP) is 4.10. The molecule has 8 heteroatoms. The van der Waals surface area contributed by atoms with Crippen LogP contribution < -0.4 is 22.1 Å². The summed E-state index contributed by atoms with van der Waals surface area (Å²) < 4.78 is 0. The number of benzene rings is 1. The van der Waals surface area contributed by atoms with E-state index in [0.717, 1.165) is 54.0 Å². The molecule has 0 amide bonds. The SMILES string of the molecule is C=C(NC1CNCC1SC)c1nc(-c2cc(C(C=NCC(C)(C)CC)=CN)ccc2C)cnc1N. The summed E-state index contributed by atoms with van der Waals surface area (Å²) in [7, 11) is 0. The third-order valence-electron chi connectivity index (χ3n) is 6.64. The number of nitrogens with two attached hydrogens (primary N) is 2. The predicted molar refractivity (Wildman–Crippen MR) is 152 cm³/mol. The zero-order valence-electron chi connectivity index (χ0n) is 21.6. The summed E-state index contributed by atoms with van der Waals surface area (Å²) in [4.78, 5) is 14.0. The number of allylic oxidation sites excluding steroid dienone is 1. The van der Waals surface area contributed by atoms with Crippen LogP contribution in [0.2, 0.25) is 0 Å². The molecule has 0 aliphatic carbocycles. The first-order chi connectivity index (χ1) is 16.7. The molecule has 6 N–H and O–H groups in total. The molecule has 0 spiro atoms. The molecule has 3 rings (SSSR count). The number of aromatic nitrogens is 2. The molecule has 1 saturated heterocycles. The van der Waals surface area contributed by atoms with Crippen LogP contribution in [0.1, 0.15) is 44.0 Å². The van der Waals surface area contributed by atoms with Gasteiger partial charge in [0.1, 0.15) is 5.69 Å². The van der Waals surface area contributed by atoms with Gasteiger partial charge in [0.05, 0.1) is 23.6 Å². The third kappa shape index (κ3) is 6.64. The Morgan fingerprint density at radius 2 is 2.14 bits per heavy atom. The zero-order valence-corrected chi connectivity index (χ0v) is 22.4. The molecular weight excluding hydrogens is 454 g/mol. The molecule has 0 bridgehead atoms. The van der Waals surface area contributed by atoms with Crippen LogP contribution in [0.3, 0.4) is 0 Å². The van der Waals surface area contributed by atoms with Gasteiger partial charge >= 0.3 is 0 Å². The number of hydrogen-bond acceptors (Lipinski definition) is 8. The lowest BCUT2D eigenvalue weighted by atomic mass is 9.91. The Labute approximate surface area is 214 Å². The first kappa shape index (κ1) is 26.8. The van der Waals surface area contributed by atoms with Crippen molar-refractivity contribution in [3.05, 3.63) is 54.0 Å². The number of hydrogen-bond donors (Lipinski definition) is 4.